The van der Waals surface area contributed by atoms with Crippen LogP contribution in [0.3, 0.4) is 0 Å². The smallest absolute Gasteiger partial charge is 0.230 e. The van der Waals surface area contributed by atoms with E-state index in [1.807, 2.05) is 31.2 Å². The van der Waals surface area contributed by atoms with E-state index in [2.05, 4.69) is 15.5 Å². The quantitative estimate of drug-likeness (QED) is 0.849. The van der Waals surface area contributed by atoms with Gasteiger partial charge in [0.05, 0.1) is 13.5 Å². The molecule has 112 valence electrons. The van der Waals surface area contributed by atoms with Crippen LogP contribution in [0.25, 0.3) is 0 Å². The number of anilines is 1. The minimum Gasteiger partial charge on any atom is -0.496 e. The fourth-order valence-corrected chi connectivity index (χ4v) is 2.43. The number of benzene rings is 1. The molecule has 6 nitrogen and oxygen atoms in total. The molecule has 0 aliphatic rings. The summed E-state index contributed by atoms with van der Waals surface area (Å²) in [5, 5.41) is 11.8. The molecular weight excluding hydrogens is 290 g/mol. The standard InChI is InChI=1S/C14H17N3O3S/c1-3-20-9-13-16-17-14(21-13)15-12(18)8-10-6-4-5-7-11(10)19-2/h4-7H,3,8-9H2,1-2H3,(H,15,17,18). The number of nitrogens with one attached hydrogen (secondary N) is 1. The summed E-state index contributed by atoms with van der Waals surface area (Å²) in [6.07, 6.45) is 0.227. The highest BCUT2D eigenvalue weighted by Gasteiger charge is 2.11. The molecule has 2 aromatic rings. The maximum Gasteiger partial charge on any atom is 0.230 e. The van der Waals surface area contributed by atoms with E-state index in [4.69, 9.17) is 9.47 Å². The molecule has 2 rings (SSSR count). The van der Waals surface area contributed by atoms with Crippen molar-refractivity contribution in [2.75, 3.05) is 19.0 Å². The second-order valence-corrected chi connectivity index (χ2v) is 5.24. The number of hydrogen-bond donors (Lipinski definition) is 1. The third-order valence-electron chi connectivity index (χ3n) is 2.69. The van der Waals surface area contributed by atoms with Crippen molar-refractivity contribution in [3.8, 4) is 5.75 Å². The summed E-state index contributed by atoms with van der Waals surface area (Å²) < 4.78 is 10.5. The van der Waals surface area contributed by atoms with Crippen molar-refractivity contribution in [3.63, 3.8) is 0 Å². The lowest BCUT2D eigenvalue weighted by Crippen LogP contribution is -2.14. The summed E-state index contributed by atoms with van der Waals surface area (Å²) in [5.41, 5.74) is 0.830. The Kier molecular flexibility index (Phi) is 5.65. The Balaban J connectivity index is 1.93. The summed E-state index contributed by atoms with van der Waals surface area (Å²) in [5.74, 6) is 0.542. The van der Waals surface area contributed by atoms with E-state index in [1.54, 1.807) is 7.11 Å². The van der Waals surface area contributed by atoms with Crippen molar-refractivity contribution >= 4 is 22.4 Å². The van der Waals surface area contributed by atoms with Gasteiger partial charge in [-0.25, -0.2) is 0 Å². The third kappa shape index (κ3) is 4.51. The zero-order valence-corrected chi connectivity index (χ0v) is 12.8. The van der Waals surface area contributed by atoms with Gasteiger partial charge < -0.3 is 14.8 Å². The first-order valence-electron chi connectivity index (χ1n) is 6.54. The van der Waals surface area contributed by atoms with Crippen LogP contribution in [-0.2, 0) is 22.6 Å². The van der Waals surface area contributed by atoms with Crippen molar-refractivity contribution in [3.05, 3.63) is 34.8 Å². The number of ether oxygens (including phenoxy) is 2. The van der Waals surface area contributed by atoms with Gasteiger partial charge in [-0.3, -0.25) is 4.79 Å². The number of rotatable bonds is 7. The number of carbonyl (C=O) groups is 1. The van der Waals surface area contributed by atoms with Crippen LogP contribution >= 0.6 is 11.3 Å². The van der Waals surface area contributed by atoms with Gasteiger partial charge in [-0.2, -0.15) is 0 Å². The van der Waals surface area contributed by atoms with Crippen molar-refractivity contribution in [2.24, 2.45) is 0 Å². The number of carbonyl (C=O) groups excluding carboxylic acids is 1. The van der Waals surface area contributed by atoms with Crippen molar-refractivity contribution in [1.82, 2.24) is 10.2 Å². The lowest BCUT2D eigenvalue weighted by atomic mass is 10.1. The van der Waals surface area contributed by atoms with Gasteiger partial charge in [0.25, 0.3) is 0 Å². The van der Waals surface area contributed by atoms with Gasteiger partial charge in [0.2, 0.25) is 11.0 Å². The molecule has 21 heavy (non-hydrogen) atoms. The predicted molar refractivity (Wildman–Crippen MR) is 80.6 cm³/mol. The zero-order chi connectivity index (χ0) is 15.1. The SMILES string of the molecule is CCOCc1nnc(NC(=O)Cc2ccccc2OC)s1. The number of methoxy groups -OCH3 is 1. The van der Waals surface area contributed by atoms with E-state index in [1.165, 1.54) is 11.3 Å². The molecule has 1 aromatic heterocycles. The van der Waals surface area contributed by atoms with Crippen LogP contribution in [0, 0.1) is 0 Å². The monoisotopic (exact) mass is 307 g/mol. The minimum absolute atomic E-state index is 0.154. The van der Waals surface area contributed by atoms with Crippen molar-refractivity contribution < 1.29 is 14.3 Å². The summed E-state index contributed by atoms with van der Waals surface area (Å²) >= 11 is 1.31. The highest BCUT2D eigenvalue weighted by Crippen LogP contribution is 2.20. The maximum atomic E-state index is 12.0. The van der Waals surface area contributed by atoms with Gasteiger partial charge in [0.15, 0.2) is 0 Å². The van der Waals surface area contributed by atoms with E-state index < -0.39 is 0 Å². The van der Waals surface area contributed by atoms with Gasteiger partial charge >= 0.3 is 0 Å². The summed E-state index contributed by atoms with van der Waals surface area (Å²) in [6, 6.07) is 7.42. The molecule has 0 spiro atoms. The number of aromatic nitrogens is 2. The van der Waals surface area contributed by atoms with Gasteiger partial charge in [0, 0.05) is 12.2 Å². The van der Waals surface area contributed by atoms with Gasteiger partial charge in [-0.05, 0) is 13.0 Å². The van der Waals surface area contributed by atoms with Crippen LogP contribution < -0.4 is 10.1 Å². The predicted octanol–water partition coefficient (Wildman–Crippen LogP) is 2.26. The first-order valence-corrected chi connectivity index (χ1v) is 7.36. The second-order valence-electron chi connectivity index (χ2n) is 4.17. The number of nitrogens with zero attached hydrogens (tertiary/aromatic N) is 2. The average Bonchev–Trinajstić information content (AvgIpc) is 2.93. The highest BCUT2D eigenvalue weighted by atomic mass is 32.1. The van der Waals surface area contributed by atoms with E-state index in [0.717, 1.165) is 10.6 Å². The molecule has 0 aliphatic heterocycles. The topological polar surface area (TPSA) is 73.3 Å². The molecule has 0 saturated carbocycles. The molecule has 0 atom stereocenters. The average molecular weight is 307 g/mol. The fraction of sp³-hybridized carbons (Fsp3) is 0.357. The fourth-order valence-electron chi connectivity index (χ4n) is 1.74. The van der Waals surface area contributed by atoms with E-state index in [9.17, 15) is 4.79 Å². The summed E-state index contributed by atoms with van der Waals surface area (Å²) in [7, 11) is 1.58. The molecule has 1 amide bonds. The molecule has 0 fully saturated rings. The van der Waals surface area contributed by atoms with Crippen LogP contribution in [0.5, 0.6) is 5.75 Å². The first kappa shape index (κ1) is 15.4. The second kappa shape index (κ2) is 7.70. The molecule has 1 N–H and O–H groups in total. The maximum absolute atomic E-state index is 12.0. The molecule has 0 unspecified atom stereocenters. The molecule has 7 heteroatoms. The summed E-state index contributed by atoms with van der Waals surface area (Å²) in [4.78, 5) is 12.0. The lowest BCUT2D eigenvalue weighted by molar-refractivity contribution is -0.115. The largest absolute Gasteiger partial charge is 0.496 e. The van der Waals surface area contributed by atoms with E-state index in [0.29, 0.717) is 24.1 Å². The van der Waals surface area contributed by atoms with Gasteiger partial charge in [0.1, 0.15) is 17.4 Å². The molecule has 0 aliphatic carbocycles. The molecule has 0 saturated heterocycles. The number of hydrogen-bond acceptors (Lipinski definition) is 6. The number of amides is 1. The van der Waals surface area contributed by atoms with Crippen molar-refractivity contribution in [2.45, 2.75) is 20.0 Å². The van der Waals surface area contributed by atoms with Gasteiger partial charge in [-0.1, -0.05) is 29.5 Å². The van der Waals surface area contributed by atoms with Crippen LogP contribution in [-0.4, -0.2) is 29.8 Å². The molecule has 0 bridgehead atoms. The van der Waals surface area contributed by atoms with Crippen LogP contribution in [0.4, 0.5) is 5.13 Å². The number of para-hydroxylation sites is 1. The van der Waals surface area contributed by atoms with Gasteiger partial charge in [-0.15, -0.1) is 10.2 Å². The Morgan fingerprint density at radius 1 is 1.33 bits per heavy atom. The highest BCUT2D eigenvalue weighted by molar-refractivity contribution is 7.15. The Hall–Kier alpha value is -1.99. The normalized spacial score (nSPS) is 10.4. The third-order valence-corrected chi connectivity index (χ3v) is 3.50. The minimum atomic E-state index is -0.154. The van der Waals surface area contributed by atoms with Crippen LogP contribution in [0.1, 0.15) is 17.5 Å². The van der Waals surface area contributed by atoms with Crippen LogP contribution in [0.15, 0.2) is 24.3 Å². The van der Waals surface area contributed by atoms with Crippen molar-refractivity contribution in [1.29, 1.82) is 0 Å². The Morgan fingerprint density at radius 3 is 2.90 bits per heavy atom. The lowest BCUT2D eigenvalue weighted by Gasteiger charge is -2.07. The molecular formula is C14H17N3O3S. The Morgan fingerprint density at radius 2 is 2.14 bits per heavy atom. The van der Waals surface area contributed by atoms with Crippen LogP contribution in [0.2, 0.25) is 0 Å². The van der Waals surface area contributed by atoms with E-state index >= 15 is 0 Å². The summed E-state index contributed by atoms with van der Waals surface area (Å²) in [6.45, 7) is 2.95. The Labute approximate surface area is 127 Å². The molecule has 1 aromatic carbocycles. The van der Waals surface area contributed by atoms with E-state index in [-0.39, 0.29) is 12.3 Å². The Bertz CT molecular complexity index is 601. The first-order chi connectivity index (χ1) is 10.2. The zero-order valence-electron chi connectivity index (χ0n) is 12.0. The molecule has 0 radical (unpaired) electrons. The molecule has 1 heterocycles.